The first-order chi connectivity index (χ1) is 9.86. The lowest BCUT2D eigenvalue weighted by atomic mass is 10.1. The van der Waals surface area contributed by atoms with Gasteiger partial charge < -0.3 is 9.64 Å². The van der Waals surface area contributed by atoms with Crippen LogP contribution in [0.1, 0.15) is 19.4 Å². The van der Waals surface area contributed by atoms with Gasteiger partial charge in [0.2, 0.25) is 5.91 Å². The highest BCUT2D eigenvalue weighted by Crippen LogP contribution is 2.14. The van der Waals surface area contributed by atoms with Gasteiger partial charge >= 0.3 is 5.97 Å². The van der Waals surface area contributed by atoms with Crippen molar-refractivity contribution in [2.75, 3.05) is 13.7 Å². The molecule has 21 heavy (non-hydrogen) atoms. The van der Waals surface area contributed by atoms with Crippen molar-refractivity contribution in [2.45, 2.75) is 19.9 Å². The van der Waals surface area contributed by atoms with Gasteiger partial charge in [0.15, 0.2) is 0 Å². The van der Waals surface area contributed by atoms with E-state index in [0.717, 1.165) is 24.3 Å². The number of benzene rings is 1. The third-order valence-corrected chi connectivity index (χ3v) is 2.83. The Balaban J connectivity index is 2.91. The summed E-state index contributed by atoms with van der Waals surface area (Å²) in [6.07, 6.45) is 2.09. The van der Waals surface area contributed by atoms with E-state index >= 15 is 0 Å². The molecule has 0 N–H and O–H groups in total. The van der Waals surface area contributed by atoms with Crippen LogP contribution in [0.4, 0.5) is 8.78 Å². The number of hydrogen-bond donors (Lipinski definition) is 0. The van der Waals surface area contributed by atoms with E-state index in [1.165, 1.54) is 18.1 Å². The molecule has 114 valence electrons. The summed E-state index contributed by atoms with van der Waals surface area (Å²) in [4.78, 5) is 24.5. The Bertz CT molecular complexity index is 536. The summed E-state index contributed by atoms with van der Waals surface area (Å²) in [6, 6.07) is 3.18. The van der Waals surface area contributed by atoms with Crippen LogP contribution in [0, 0.1) is 11.6 Å². The first-order valence-corrected chi connectivity index (χ1v) is 6.36. The number of hydrogen-bond acceptors (Lipinski definition) is 3. The summed E-state index contributed by atoms with van der Waals surface area (Å²) in [6.45, 7) is 3.22. The average Bonchev–Trinajstić information content (AvgIpc) is 2.43. The third-order valence-electron chi connectivity index (χ3n) is 2.83. The fourth-order valence-electron chi connectivity index (χ4n) is 1.64. The van der Waals surface area contributed by atoms with Crippen LogP contribution in [-0.2, 0) is 14.3 Å². The van der Waals surface area contributed by atoms with Crippen molar-refractivity contribution in [3.05, 3.63) is 41.5 Å². The molecule has 0 spiro atoms. The van der Waals surface area contributed by atoms with Gasteiger partial charge in [-0.3, -0.25) is 9.59 Å². The largest absolute Gasteiger partial charge is 0.468 e. The van der Waals surface area contributed by atoms with Crippen molar-refractivity contribution in [2.24, 2.45) is 0 Å². The maximum atomic E-state index is 13.4. The molecule has 0 aliphatic carbocycles. The second kappa shape index (κ2) is 7.52. The molecule has 0 fully saturated rings. The van der Waals surface area contributed by atoms with E-state index in [9.17, 15) is 18.4 Å². The van der Waals surface area contributed by atoms with Gasteiger partial charge in [-0.05, 0) is 32.1 Å². The number of carbonyl (C=O) groups excluding carboxylic acids is 2. The molecule has 1 aromatic rings. The van der Waals surface area contributed by atoms with Gasteiger partial charge in [-0.2, -0.15) is 0 Å². The van der Waals surface area contributed by atoms with Crippen molar-refractivity contribution >= 4 is 18.0 Å². The smallest absolute Gasteiger partial charge is 0.325 e. The standard InChI is InChI=1S/C15H17F2NO3/c1-10(2)18(9-15(20)21-3)14(19)8-7-11-12(16)5-4-6-13(11)17/h4-8,10H,9H2,1-3H3/b8-7+. The summed E-state index contributed by atoms with van der Waals surface area (Å²) in [5.74, 6) is -2.62. The summed E-state index contributed by atoms with van der Waals surface area (Å²) < 4.78 is 31.4. The first-order valence-electron chi connectivity index (χ1n) is 6.36. The van der Waals surface area contributed by atoms with Gasteiger partial charge in [-0.1, -0.05) is 6.07 Å². The lowest BCUT2D eigenvalue weighted by molar-refractivity contribution is -0.146. The topological polar surface area (TPSA) is 46.6 Å². The number of esters is 1. The average molecular weight is 297 g/mol. The number of rotatable bonds is 5. The van der Waals surface area contributed by atoms with Crippen molar-refractivity contribution in [1.29, 1.82) is 0 Å². The van der Waals surface area contributed by atoms with Crippen LogP contribution in [0.15, 0.2) is 24.3 Å². The zero-order valence-electron chi connectivity index (χ0n) is 12.1. The van der Waals surface area contributed by atoms with Gasteiger partial charge in [0, 0.05) is 17.7 Å². The van der Waals surface area contributed by atoms with Crippen molar-refractivity contribution < 1.29 is 23.1 Å². The van der Waals surface area contributed by atoms with E-state index in [2.05, 4.69) is 4.74 Å². The predicted molar refractivity (Wildman–Crippen MR) is 74.3 cm³/mol. The number of methoxy groups -OCH3 is 1. The number of nitrogens with zero attached hydrogens (tertiary/aromatic N) is 1. The lowest BCUT2D eigenvalue weighted by Crippen LogP contribution is -2.40. The van der Waals surface area contributed by atoms with Gasteiger partial charge in [0.05, 0.1) is 7.11 Å². The maximum absolute atomic E-state index is 13.4. The zero-order chi connectivity index (χ0) is 16.0. The van der Waals surface area contributed by atoms with Gasteiger partial charge in [-0.25, -0.2) is 8.78 Å². The Morgan fingerprint density at radius 2 is 1.86 bits per heavy atom. The highest BCUT2D eigenvalue weighted by molar-refractivity contribution is 5.94. The van der Waals surface area contributed by atoms with Crippen LogP contribution in [0.3, 0.4) is 0 Å². The molecule has 0 heterocycles. The van der Waals surface area contributed by atoms with Gasteiger partial charge in [-0.15, -0.1) is 0 Å². The molecule has 0 atom stereocenters. The Labute approximate surface area is 122 Å². The molecule has 0 aliphatic heterocycles. The maximum Gasteiger partial charge on any atom is 0.325 e. The molecular formula is C15H17F2NO3. The summed E-state index contributed by atoms with van der Waals surface area (Å²) in [5, 5.41) is 0. The minimum Gasteiger partial charge on any atom is -0.468 e. The third kappa shape index (κ3) is 4.66. The molecule has 6 heteroatoms. The highest BCUT2D eigenvalue weighted by Gasteiger charge is 2.18. The fourth-order valence-corrected chi connectivity index (χ4v) is 1.64. The SMILES string of the molecule is COC(=O)CN(C(=O)/C=C/c1c(F)cccc1F)C(C)C. The second-order valence-electron chi connectivity index (χ2n) is 4.60. The molecule has 0 bridgehead atoms. The Hall–Kier alpha value is -2.24. The second-order valence-corrected chi connectivity index (χ2v) is 4.60. The van der Waals surface area contributed by atoms with Gasteiger partial charge in [0.1, 0.15) is 18.2 Å². The van der Waals surface area contributed by atoms with Crippen molar-refractivity contribution in [3.8, 4) is 0 Å². The molecule has 4 nitrogen and oxygen atoms in total. The Morgan fingerprint density at radius 1 is 1.29 bits per heavy atom. The molecular weight excluding hydrogens is 280 g/mol. The summed E-state index contributed by atoms with van der Waals surface area (Å²) in [5.41, 5.74) is -0.298. The van der Waals surface area contributed by atoms with Crippen LogP contribution in [0.5, 0.6) is 0 Å². The van der Waals surface area contributed by atoms with Crippen LogP contribution in [0.25, 0.3) is 6.08 Å². The van der Waals surface area contributed by atoms with E-state index in [1.54, 1.807) is 13.8 Å². The molecule has 0 aliphatic rings. The summed E-state index contributed by atoms with van der Waals surface area (Å²) in [7, 11) is 1.22. The number of amides is 1. The van der Waals surface area contributed by atoms with Crippen molar-refractivity contribution in [1.82, 2.24) is 4.90 Å². The van der Waals surface area contributed by atoms with Gasteiger partial charge in [0.25, 0.3) is 0 Å². The molecule has 0 unspecified atom stereocenters. The lowest BCUT2D eigenvalue weighted by Gasteiger charge is -2.24. The van der Waals surface area contributed by atoms with E-state index in [1.807, 2.05) is 0 Å². The highest BCUT2D eigenvalue weighted by atomic mass is 19.1. The number of carbonyl (C=O) groups is 2. The van der Waals surface area contributed by atoms with E-state index in [0.29, 0.717) is 0 Å². The first kappa shape index (κ1) is 16.8. The molecule has 1 rings (SSSR count). The Kier molecular flexibility index (Phi) is 6.02. The van der Waals surface area contributed by atoms with E-state index in [-0.39, 0.29) is 18.2 Å². The minimum atomic E-state index is -0.761. The van der Waals surface area contributed by atoms with Crippen LogP contribution in [-0.4, -0.2) is 36.5 Å². The van der Waals surface area contributed by atoms with Crippen LogP contribution in [0.2, 0.25) is 0 Å². The molecule has 0 saturated carbocycles. The fraction of sp³-hybridized carbons (Fsp3) is 0.333. The van der Waals surface area contributed by atoms with Crippen LogP contribution < -0.4 is 0 Å². The normalized spacial score (nSPS) is 11.0. The molecule has 1 aromatic carbocycles. The molecule has 1 amide bonds. The van der Waals surface area contributed by atoms with Crippen LogP contribution >= 0.6 is 0 Å². The number of ether oxygens (including phenoxy) is 1. The predicted octanol–water partition coefficient (Wildman–Crippen LogP) is 2.39. The summed E-state index contributed by atoms with van der Waals surface area (Å²) >= 11 is 0. The van der Waals surface area contributed by atoms with E-state index in [4.69, 9.17) is 0 Å². The van der Waals surface area contributed by atoms with E-state index < -0.39 is 23.5 Å². The van der Waals surface area contributed by atoms with Crippen molar-refractivity contribution in [3.63, 3.8) is 0 Å². The minimum absolute atomic E-state index is 0.225. The molecule has 0 aromatic heterocycles. The monoisotopic (exact) mass is 297 g/mol. The quantitative estimate of drug-likeness (QED) is 0.619. The molecule has 0 radical (unpaired) electrons. The molecule has 0 saturated heterocycles. The zero-order valence-corrected chi connectivity index (χ0v) is 12.1. The number of halogens is 2. The Morgan fingerprint density at radius 3 is 2.33 bits per heavy atom.